The summed E-state index contributed by atoms with van der Waals surface area (Å²) in [5.41, 5.74) is 0.927. The van der Waals surface area contributed by atoms with E-state index in [0.717, 1.165) is 5.56 Å². The SMILES string of the molecule is O=C(O)CC1COCCN1C(=O)NCc1ccc(Cl)cc1. The number of nitrogens with one attached hydrogen (secondary N) is 1. The monoisotopic (exact) mass is 312 g/mol. The average Bonchev–Trinajstić information content (AvgIpc) is 2.46. The van der Waals surface area contributed by atoms with E-state index in [1.54, 1.807) is 12.1 Å². The van der Waals surface area contributed by atoms with Crippen LogP contribution in [0.25, 0.3) is 0 Å². The van der Waals surface area contributed by atoms with Gasteiger partial charge in [0, 0.05) is 18.1 Å². The van der Waals surface area contributed by atoms with Crippen LogP contribution in [0.4, 0.5) is 4.79 Å². The molecule has 2 rings (SSSR count). The molecule has 1 saturated heterocycles. The molecule has 21 heavy (non-hydrogen) atoms. The molecule has 1 atom stereocenters. The van der Waals surface area contributed by atoms with Gasteiger partial charge in [0.25, 0.3) is 0 Å². The first-order chi connectivity index (χ1) is 10.1. The lowest BCUT2D eigenvalue weighted by molar-refractivity contribution is -0.139. The maximum atomic E-state index is 12.2. The number of aliphatic carboxylic acids is 1. The maximum absolute atomic E-state index is 12.2. The van der Waals surface area contributed by atoms with Crippen molar-refractivity contribution < 1.29 is 19.4 Å². The lowest BCUT2D eigenvalue weighted by Gasteiger charge is -2.34. The summed E-state index contributed by atoms with van der Waals surface area (Å²) in [6.45, 7) is 1.43. The Morgan fingerprint density at radius 2 is 2.10 bits per heavy atom. The number of rotatable bonds is 4. The third-order valence-corrected chi connectivity index (χ3v) is 3.51. The number of urea groups is 1. The van der Waals surface area contributed by atoms with Gasteiger partial charge >= 0.3 is 12.0 Å². The van der Waals surface area contributed by atoms with E-state index in [9.17, 15) is 9.59 Å². The Morgan fingerprint density at radius 3 is 2.76 bits per heavy atom. The molecule has 0 bridgehead atoms. The highest BCUT2D eigenvalue weighted by Gasteiger charge is 2.28. The fourth-order valence-corrected chi connectivity index (χ4v) is 2.30. The van der Waals surface area contributed by atoms with E-state index in [0.29, 0.717) is 24.7 Å². The molecule has 7 heteroatoms. The number of carboxylic acids is 1. The highest BCUT2D eigenvalue weighted by Crippen LogP contribution is 2.12. The summed E-state index contributed by atoms with van der Waals surface area (Å²) < 4.78 is 5.24. The van der Waals surface area contributed by atoms with Crippen LogP contribution >= 0.6 is 11.6 Å². The van der Waals surface area contributed by atoms with E-state index in [4.69, 9.17) is 21.4 Å². The molecular formula is C14H17ClN2O4. The van der Waals surface area contributed by atoms with Crippen molar-refractivity contribution in [2.45, 2.75) is 19.0 Å². The van der Waals surface area contributed by atoms with Crippen molar-refractivity contribution in [1.29, 1.82) is 0 Å². The molecule has 1 fully saturated rings. The van der Waals surface area contributed by atoms with Crippen LogP contribution in [0.3, 0.4) is 0 Å². The zero-order valence-electron chi connectivity index (χ0n) is 11.4. The molecule has 1 aliphatic heterocycles. The molecule has 1 aromatic carbocycles. The number of carbonyl (C=O) groups is 2. The van der Waals surface area contributed by atoms with Crippen LogP contribution in [0, 0.1) is 0 Å². The van der Waals surface area contributed by atoms with E-state index in [-0.39, 0.29) is 19.1 Å². The molecule has 1 aliphatic rings. The summed E-state index contributed by atoms with van der Waals surface area (Å²) in [5, 5.41) is 12.3. The van der Waals surface area contributed by atoms with Crippen LogP contribution in [-0.2, 0) is 16.1 Å². The molecule has 0 aromatic heterocycles. The minimum absolute atomic E-state index is 0.117. The van der Waals surface area contributed by atoms with Crippen molar-refractivity contribution in [2.24, 2.45) is 0 Å². The van der Waals surface area contributed by atoms with Gasteiger partial charge in [-0.2, -0.15) is 0 Å². The van der Waals surface area contributed by atoms with Crippen molar-refractivity contribution in [3.8, 4) is 0 Å². The maximum Gasteiger partial charge on any atom is 0.318 e. The summed E-state index contributed by atoms with van der Waals surface area (Å²) in [6, 6.07) is 6.46. The van der Waals surface area contributed by atoms with Gasteiger partial charge in [0.1, 0.15) is 0 Å². The lowest BCUT2D eigenvalue weighted by Crippen LogP contribution is -2.53. The second kappa shape index (κ2) is 7.28. The van der Waals surface area contributed by atoms with Crippen LogP contribution in [0.15, 0.2) is 24.3 Å². The molecule has 6 nitrogen and oxygen atoms in total. The summed E-state index contributed by atoms with van der Waals surface area (Å²) in [5.74, 6) is -0.944. The molecule has 2 N–H and O–H groups in total. The number of benzene rings is 1. The van der Waals surface area contributed by atoms with Crippen LogP contribution in [0.1, 0.15) is 12.0 Å². The topological polar surface area (TPSA) is 78.9 Å². The Hall–Kier alpha value is -1.79. The van der Waals surface area contributed by atoms with Crippen LogP contribution in [-0.4, -0.2) is 47.8 Å². The van der Waals surface area contributed by atoms with E-state index in [1.165, 1.54) is 4.90 Å². The minimum Gasteiger partial charge on any atom is -0.481 e. The average molecular weight is 313 g/mol. The molecule has 1 aromatic rings. The number of nitrogens with zero attached hydrogens (tertiary/aromatic N) is 1. The van der Waals surface area contributed by atoms with Gasteiger partial charge in [-0.3, -0.25) is 4.79 Å². The standard InChI is InChI=1S/C14H17ClN2O4/c15-11-3-1-10(2-4-11)8-16-14(20)17-5-6-21-9-12(17)7-13(18)19/h1-4,12H,5-9H2,(H,16,20)(H,18,19). The molecule has 0 radical (unpaired) electrons. The van der Waals surface area contributed by atoms with E-state index in [2.05, 4.69) is 5.32 Å². The highest BCUT2D eigenvalue weighted by atomic mass is 35.5. The van der Waals surface area contributed by atoms with Crippen LogP contribution < -0.4 is 5.32 Å². The first kappa shape index (κ1) is 15.6. The zero-order valence-corrected chi connectivity index (χ0v) is 12.2. The second-order valence-electron chi connectivity index (χ2n) is 4.81. The molecule has 0 spiro atoms. The summed E-state index contributed by atoms with van der Waals surface area (Å²) in [4.78, 5) is 24.5. The van der Waals surface area contributed by atoms with E-state index in [1.807, 2.05) is 12.1 Å². The van der Waals surface area contributed by atoms with Gasteiger partial charge in [-0.25, -0.2) is 4.79 Å². The third-order valence-electron chi connectivity index (χ3n) is 3.26. The summed E-state index contributed by atoms with van der Waals surface area (Å²) >= 11 is 5.80. The fraction of sp³-hybridized carbons (Fsp3) is 0.429. The Labute approximate surface area is 127 Å². The first-order valence-corrected chi connectivity index (χ1v) is 7.02. The van der Waals surface area contributed by atoms with Gasteiger partial charge in [0.2, 0.25) is 0 Å². The second-order valence-corrected chi connectivity index (χ2v) is 5.24. The van der Waals surface area contributed by atoms with Gasteiger partial charge in [0.15, 0.2) is 0 Å². The van der Waals surface area contributed by atoms with Crippen molar-refractivity contribution in [2.75, 3.05) is 19.8 Å². The van der Waals surface area contributed by atoms with Gasteiger partial charge in [-0.15, -0.1) is 0 Å². The lowest BCUT2D eigenvalue weighted by atomic mass is 10.1. The number of carbonyl (C=O) groups excluding carboxylic acids is 1. The number of halogens is 1. The summed E-state index contributed by atoms with van der Waals surface area (Å²) in [7, 11) is 0. The van der Waals surface area contributed by atoms with E-state index < -0.39 is 12.0 Å². The number of morpholine rings is 1. The van der Waals surface area contributed by atoms with E-state index >= 15 is 0 Å². The van der Waals surface area contributed by atoms with Gasteiger partial charge in [-0.1, -0.05) is 23.7 Å². The third kappa shape index (κ3) is 4.61. The van der Waals surface area contributed by atoms with Crippen molar-refractivity contribution >= 4 is 23.6 Å². The molecule has 2 amide bonds. The number of hydrogen-bond donors (Lipinski definition) is 2. The molecule has 114 valence electrons. The van der Waals surface area contributed by atoms with Crippen molar-refractivity contribution in [3.05, 3.63) is 34.9 Å². The highest BCUT2D eigenvalue weighted by molar-refractivity contribution is 6.30. The molecular weight excluding hydrogens is 296 g/mol. The number of carboxylic acid groups (broad SMARTS) is 1. The normalized spacial score (nSPS) is 18.3. The molecule has 0 aliphatic carbocycles. The Kier molecular flexibility index (Phi) is 5.41. The summed E-state index contributed by atoms with van der Waals surface area (Å²) in [6.07, 6.45) is -0.117. The van der Waals surface area contributed by atoms with Gasteiger partial charge in [-0.05, 0) is 17.7 Å². The minimum atomic E-state index is -0.944. The van der Waals surface area contributed by atoms with Gasteiger partial charge in [0.05, 0.1) is 25.7 Å². The number of ether oxygens (including phenoxy) is 1. The van der Waals surface area contributed by atoms with Gasteiger partial charge < -0.3 is 20.1 Å². The predicted molar refractivity (Wildman–Crippen MR) is 77.3 cm³/mol. The quantitative estimate of drug-likeness (QED) is 0.887. The first-order valence-electron chi connectivity index (χ1n) is 6.64. The zero-order chi connectivity index (χ0) is 15.2. The molecule has 1 unspecified atom stereocenters. The molecule has 1 heterocycles. The predicted octanol–water partition coefficient (Wildman–Crippen LogP) is 1.73. The van der Waals surface area contributed by atoms with Crippen LogP contribution in [0.2, 0.25) is 5.02 Å². The van der Waals surface area contributed by atoms with Crippen LogP contribution in [0.5, 0.6) is 0 Å². The molecule has 0 saturated carbocycles. The number of amides is 2. The largest absolute Gasteiger partial charge is 0.481 e. The Balaban J connectivity index is 1.91. The van der Waals surface area contributed by atoms with Crippen molar-refractivity contribution in [1.82, 2.24) is 10.2 Å². The Morgan fingerprint density at radius 1 is 1.38 bits per heavy atom. The Bertz CT molecular complexity index is 506. The number of hydrogen-bond acceptors (Lipinski definition) is 3. The smallest absolute Gasteiger partial charge is 0.318 e. The fourth-order valence-electron chi connectivity index (χ4n) is 2.17. The van der Waals surface area contributed by atoms with Crippen molar-refractivity contribution in [3.63, 3.8) is 0 Å².